The van der Waals surface area contributed by atoms with Gasteiger partial charge in [-0.25, -0.2) is 0 Å². The fourth-order valence-electron chi connectivity index (χ4n) is 1.64. The van der Waals surface area contributed by atoms with Crippen LogP contribution in [-0.2, 0) is 4.74 Å². The Kier molecular flexibility index (Phi) is 3.31. The molecule has 0 aliphatic carbocycles. The lowest BCUT2D eigenvalue weighted by Gasteiger charge is -2.27. The second-order valence-electron chi connectivity index (χ2n) is 3.64. The first-order valence-corrected chi connectivity index (χ1v) is 5.48. The predicted molar refractivity (Wildman–Crippen MR) is 62.6 cm³/mol. The summed E-state index contributed by atoms with van der Waals surface area (Å²) in [6.45, 7) is 2.35. The van der Waals surface area contributed by atoms with Crippen LogP contribution in [0.4, 0.5) is 5.69 Å². The Morgan fingerprint density at radius 2 is 2.06 bits per heavy atom. The maximum absolute atomic E-state index is 12.1. The Morgan fingerprint density at radius 3 is 2.75 bits per heavy atom. The maximum atomic E-state index is 12.1. The summed E-state index contributed by atoms with van der Waals surface area (Å²) >= 11 is 5.98. The molecule has 0 spiro atoms. The van der Waals surface area contributed by atoms with Crippen molar-refractivity contribution in [1.29, 1.82) is 0 Å². The number of hydrogen-bond acceptors (Lipinski definition) is 3. The minimum Gasteiger partial charge on any atom is -0.399 e. The van der Waals surface area contributed by atoms with E-state index >= 15 is 0 Å². The first-order chi connectivity index (χ1) is 7.68. The topological polar surface area (TPSA) is 55.6 Å². The van der Waals surface area contributed by atoms with Crippen LogP contribution < -0.4 is 5.73 Å². The van der Waals surface area contributed by atoms with Gasteiger partial charge >= 0.3 is 0 Å². The predicted octanol–water partition coefficient (Wildman–Crippen LogP) is 1.39. The first kappa shape index (κ1) is 11.2. The molecule has 0 atom stereocenters. The second-order valence-corrected chi connectivity index (χ2v) is 4.05. The quantitative estimate of drug-likeness (QED) is 0.755. The van der Waals surface area contributed by atoms with E-state index in [9.17, 15) is 4.79 Å². The van der Waals surface area contributed by atoms with Crippen molar-refractivity contribution < 1.29 is 9.53 Å². The van der Waals surface area contributed by atoms with Gasteiger partial charge in [0, 0.05) is 18.8 Å². The Bertz CT molecular complexity index is 403. The number of nitrogens with zero attached hydrogens (tertiary/aromatic N) is 1. The monoisotopic (exact) mass is 240 g/mol. The number of rotatable bonds is 1. The molecule has 5 heteroatoms. The van der Waals surface area contributed by atoms with Gasteiger partial charge in [0.25, 0.3) is 5.91 Å². The summed E-state index contributed by atoms with van der Waals surface area (Å²) in [6, 6.07) is 4.93. The summed E-state index contributed by atoms with van der Waals surface area (Å²) in [5.41, 5.74) is 6.64. The Morgan fingerprint density at radius 1 is 1.38 bits per heavy atom. The van der Waals surface area contributed by atoms with Crippen molar-refractivity contribution in [2.24, 2.45) is 0 Å². The lowest BCUT2D eigenvalue weighted by molar-refractivity contribution is 0.0303. The van der Waals surface area contributed by atoms with Gasteiger partial charge in [0.05, 0.1) is 23.8 Å². The molecule has 1 aromatic rings. The van der Waals surface area contributed by atoms with Crippen LogP contribution in [0.25, 0.3) is 0 Å². The third-order valence-corrected chi connectivity index (χ3v) is 2.85. The van der Waals surface area contributed by atoms with Crippen molar-refractivity contribution in [3.63, 3.8) is 0 Å². The van der Waals surface area contributed by atoms with Crippen molar-refractivity contribution in [2.75, 3.05) is 32.0 Å². The van der Waals surface area contributed by atoms with Gasteiger partial charge in [0.1, 0.15) is 0 Å². The van der Waals surface area contributed by atoms with Crippen molar-refractivity contribution >= 4 is 23.2 Å². The molecule has 0 bridgehead atoms. The van der Waals surface area contributed by atoms with Crippen LogP contribution in [0.2, 0.25) is 5.02 Å². The van der Waals surface area contributed by atoms with Crippen molar-refractivity contribution in [3.05, 3.63) is 28.8 Å². The molecule has 16 heavy (non-hydrogen) atoms. The van der Waals surface area contributed by atoms with Crippen LogP contribution in [0, 0.1) is 0 Å². The number of ether oxygens (including phenoxy) is 1. The van der Waals surface area contributed by atoms with Gasteiger partial charge in [-0.05, 0) is 18.2 Å². The van der Waals surface area contributed by atoms with E-state index in [4.69, 9.17) is 22.1 Å². The molecule has 0 aromatic heterocycles. The van der Waals surface area contributed by atoms with Crippen LogP contribution in [-0.4, -0.2) is 37.1 Å². The molecule has 2 N–H and O–H groups in total. The largest absolute Gasteiger partial charge is 0.399 e. The maximum Gasteiger partial charge on any atom is 0.255 e. The zero-order chi connectivity index (χ0) is 11.5. The third kappa shape index (κ3) is 2.28. The van der Waals surface area contributed by atoms with Gasteiger partial charge in [-0.3, -0.25) is 4.79 Å². The number of nitrogen functional groups attached to an aromatic ring is 1. The van der Waals surface area contributed by atoms with E-state index in [-0.39, 0.29) is 5.91 Å². The minimum absolute atomic E-state index is 0.0828. The van der Waals surface area contributed by atoms with E-state index in [0.29, 0.717) is 42.6 Å². The van der Waals surface area contributed by atoms with E-state index in [1.54, 1.807) is 23.1 Å². The van der Waals surface area contributed by atoms with E-state index in [2.05, 4.69) is 0 Å². The molecule has 1 fully saturated rings. The highest BCUT2D eigenvalue weighted by Crippen LogP contribution is 2.20. The highest BCUT2D eigenvalue weighted by atomic mass is 35.5. The standard InChI is InChI=1S/C11H13ClN2O2/c12-10-2-1-8(13)7-9(10)11(15)14-3-5-16-6-4-14/h1-2,7H,3-6,13H2. The summed E-state index contributed by atoms with van der Waals surface area (Å²) in [4.78, 5) is 13.8. The Balaban J connectivity index is 2.22. The highest BCUT2D eigenvalue weighted by molar-refractivity contribution is 6.34. The van der Waals surface area contributed by atoms with Gasteiger partial charge in [-0.2, -0.15) is 0 Å². The van der Waals surface area contributed by atoms with Gasteiger partial charge in [-0.15, -0.1) is 0 Å². The first-order valence-electron chi connectivity index (χ1n) is 5.10. The van der Waals surface area contributed by atoms with Gasteiger partial charge in [0.15, 0.2) is 0 Å². The van der Waals surface area contributed by atoms with Gasteiger partial charge in [0.2, 0.25) is 0 Å². The Labute approximate surface area is 98.9 Å². The average molecular weight is 241 g/mol. The van der Waals surface area contributed by atoms with Crippen LogP contribution >= 0.6 is 11.6 Å². The lowest BCUT2D eigenvalue weighted by atomic mass is 10.1. The number of benzene rings is 1. The van der Waals surface area contributed by atoms with Crippen LogP contribution in [0.3, 0.4) is 0 Å². The molecule has 0 unspecified atom stereocenters. The Hall–Kier alpha value is -1.26. The van der Waals surface area contributed by atoms with Crippen LogP contribution in [0.1, 0.15) is 10.4 Å². The molecule has 2 rings (SSSR count). The SMILES string of the molecule is Nc1ccc(Cl)c(C(=O)N2CCOCC2)c1. The number of nitrogens with two attached hydrogens (primary N) is 1. The molecule has 1 aliphatic rings. The fraction of sp³-hybridized carbons (Fsp3) is 0.364. The number of anilines is 1. The zero-order valence-electron chi connectivity index (χ0n) is 8.78. The fourth-order valence-corrected chi connectivity index (χ4v) is 1.84. The normalized spacial score (nSPS) is 16.2. The third-order valence-electron chi connectivity index (χ3n) is 2.52. The smallest absolute Gasteiger partial charge is 0.255 e. The molecule has 1 aliphatic heterocycles. The lowest BCUT2D eigenvalue weighted by Crippen LogP contribution is -2.40. The number of amides is 1. The van der Waals surface area contributed by atoms with E-state index in [1.165, 1.54) is 0 Å². The van der Waals surface area contributed by atoms with E-state index < -0.39 is 0 Å². The van der Waals surface area contributed by atoms with Gasteiger partial charge < -0.3 is 15.4 Å². The van der Waals surface area contributed by atoms with Crippen LogP contribution in [0.15, 0.2) is 18.2 Å². The average Bonchev–Trinajstić information content (AvgIpc) is 2.32. The number of carbonyl (C=O) groups is 1. The summed E-state index contributed by atoms with van der Waals surface area (Å²) < 4.78 is 5.19. The minimum atomic E-state index is -0.0828. The molecular formula is C11H13ClN2O2. The summed E-state index contributed by atoms with van der Waals surface area (Å²) in [7, 11) is 0. The number of carbonyl (C=O) groups excluding carboxylic acids is 1. The molecule has 86 valence electrons. The second kappa shape index (κ2) is 4.72. The zero-order valence-corrected chi connectivity index (χ0v) is 9.54. The summed E-state index contributed by atoms with van der Waals surface area (Å²) in [5.74, 6) is -0.0828. The van der Waals surface area contributed by atoms with Crippen molar-refractivity contribution in [1.82, 2.24) is 4.90 Å². The number of morpholine rings is 1. The van der Waals surface area contributed by atoms with E-state index in [0.717, 1.165) is 0 Å². The van der Waals surface area contributed by atoms with Gasteiger partial charge in [-0.1, -0.05) is 11.6 Å². The van der Waals surface area contributed by atoms with Crippen molar-refractivity contribution in [3.8, 4) is 0 Å². The van der Waals surface area contributed by atoms with E-state index in [1.807, 2.05) is 0 Å². The number of halogens is 1. The molecule has 1 aromatic carbocycles. The highest BCUT2D eigenvalue weighted by Gasteiger charge is 2.20. The molecule has 0 saturated carbocycles. The molecule has 0 radical (unpaired) electrons. The molecule has 1 saturated heterocycles. The molecule has 1 amide bonds. The molecule has 1 heterocycles. The summed E-state index contributed by atoms with van der Waals surface area (Å²) in [6.07, 6.45) is 0. The van der Waals surface area contributed by atoms with Crippen molar-refractivity contribution in [2.45, 2.75) is 0 Å². The summed E-state index contributed by atoms with van der Waals surface area (Å²) in [5, 5.41) is 0.436. The van der Waals surface area contributed by atoms with Crippen LogP contribution in [0.5, 0.6) is 0 Å². The molecular weight excluding hydrogens is 228 g/mol. The number of hydrogen-bond donors (Lipinski definition) is 1. The molecule has 4 nitrogen and oxygen atoms in total.